The lowest BCUT2D eigenvalue weighted by molar-refractivity contribution is -0.153. The van der Waals surface area contributed by atoms with Crippen molar-refractivity contribution in [3.05, 3.63) is 23.6 Å². The van der Waals surface area contributed by atoms with Crippen LogP contribution in [0.4, 0.5) is 4.39 Å². The smallest absolute Gasteiger partial charge is 0.308 e. The van der Waals surface area contributed by atoms with E-state index in [4.69, 9.17) is 15.2 Å². The third-order valence-corrected chi connectivity index (χ3v) is 3.64. The zero-order chi connectivity index (χ0) is 14.9. The van der Waals surface area contributed by atoms with Crippen molar-refractivity contribution >= 4 is 5.97 Å². The number of carboxylic acid groups (broad SMARTS) is 1. The van der Waals surface area contributed by atoms with E-state index >= 15 is 0 Å². The molecule has 0 amide bonds. The van der Waals surface area contributed by atoms with Gasteiger partial charge in [-0.05, 0) is 13.3 Å². The van der Waals surface area contributed by atoms with Gasteiger partial charge in [0.15, 0.2) is 0 Å². The highest BCUT2D eigenvalue weighted by Gasteiger charge is 2.47. The standard InChI is InChI=1S/C13H17FN2O4/c1-7-3-9(12(17)18)13(15,6-20-7)8-4-11(19-2)16-5-10(8)14/h4-5,7,9H,3,6,15H2,1-2H3,(H,17,18)/t7-,9-,13+/m0/s1. The Morgan fingerprint density at radius 3 is 3.00 bits per heavy atom. The van der Waals surface area contributed by atoms with Gasteiger partial charge >= 0.3 is 5.97 Å². The number of aromatic nitrogens is 1. The van der Waals surface area contributed by atoms with Gasteiger partial charge in [-0.3, -0.25) is 4.79 Å². The van der Waals surface area contributed by atoms with E-state index in [1.165, 1.54) is 13.2 Å². The molecule has 1 aromatic rings. The van der Waals surface area contributed by atoms with Gasteiger partial charge in [-0.2, -0.15) is 0 Å². The quantitative estimate of drug-likeness (QED) is 0.856. The summed E-state index contributed by atoms with van der Waals surface area (Å²) in [5, 5.41) is 9.37. The highest BCUT2D eigenvalue weighted by Crippen LogP contribution is 2.37. The van der Waals surface area contributed by atoms with Gasteiger partial charge in [-0.1, -0.05) is 0 Å². The minimum absolute atomic E-state index is 0.0450. The van der Waals surface area contributed by atoms with Gasteiger partial charge in [0.05, 0.1) is 37.5 Å². The molecule has 3 atom stereocenters. The summed E-state index contributed by atoms with van der Waals surface area (Å²) in [6.45, 7) is 1.69. The predicted molar refractivity (Wildman–Crippen MR) is 67.8 cm³/mol. The minimum atomic E-state index is -1.45. The summed E-state index contributed by atoms with van der Waals surface area (Å²) in [7, 11) is 1.39. The molecule has 3 N–H and O–H groups in total. The Hall–Kier alpha value is -1.73. The molecule has 0 aromatic carbocycles. The summed E-state index contributed by atoms with van der Waals surface area (Å²) in [5.74, 6) is -2.50. The number of hydrogen-bond acceptors (Lipinski definition) is 5. The van der Waals surface area contributed by atoms with E-state index in [2.05, 4.69) is 4.98 Å². The van der Waals surface area contributed by atoms with Crippen LogP contribution in [0, 0.1) is 11.7 Å². The molecule has 2 heterocycles. The first kappa shape index (κ1) is 14.7. The first-order valence-corrected chi connectivity index (χ1v) is 6.21. The van der Waals surface area contributed by atoms with Crippen molar-refractivity contribution in [2.24, 2.45) is 11.7 Å². The Balaban J connectivity index is 2.49. The van der Waals surface area contributed by atoms with E-state index in [0.29, 0.717) is 0 Å². The van der Waals surface area contributed by atoms with Gasteiger partial charge in [-0.15, -0.1) is 0 Å². The third-order valence-electron chi connectivity index (χ3n) is 3.64. The fraction of sp³-hybridized carbons (Fsp3) is 0.538. The fourth-order valence-corrected chi connectivity index (χ4v) is 2.47. The number of methoxy groups -OCH3 is 1. The Kier molecular flexibility index (Phi) is 3.92. The molecule has 110 valence electrons. The molecule has 20 heavy (non-hydrogen) atoms. The molecule has 2 rings (SSSR count). The third kappa shape index (κ3) is 2.46. The van der Waals surface area contributed by atoms with E-state index in [-0.39, 0.29) is 30.6 Å². The number of carbonyl (C=O) groups is 1. The van der Waals surface area contributed by atoms with Crippen molar-refractivity contribution in [2.45, 2.75) is 25.0 Å². The fourth-order valence-electron chi connectivity index (χ4n) is 2.47. The molecule has 1 fully saturated rings. The molecule has 6 nitrogen and oxygen atoms in total. The number of halogens is 1. The minimum Gasteiger partial charge on any atom is -0.481 e. The number of pyridine rings is 1. The average molecular weight is 284 g/mol. The van der Waals surface area contributed by atoms with Crippen LogP contribution in [0.2, 0.25) is 0 Å². The van der Waals surface area contributed by atoms with Crippen molar-refractivity contribution in [3.63, 3.8) is 0 Å². The average Bonchev–Trinajstić information content (AvgIpc) is 2.42. The van der Waals surface area contributed by atoms with Gasteiger partial charge < -0.3 is 20.3 Å². The van der Waals surface area contributed by atoms with Crippen LogP contribution in [0.25, 0.3) is 0 Å². The SMILES string of the molecule is COc1cc([C@]2(N)CO[C@@H](C)C[C@H]2C(=O)O)c(F)cn1. The summed E-state index contributed by atoms with van der Waals surface area (Å²) < 4.78 is 24.4. The molecule has 1 aliphatic rings. The summed E-state index contributed by atoms with van der Waals surface area (Å²) in [6.07, 6.45) is 0.954. The topological polar surface area (TPSA) is 94.7 Å². The Bertz CT molecular complexity index is 525. The highest BCUT2D eigenvalue weighted by molar-refractivity contribution is 5.72. The van der Waals surface area contributed by atoms with Gasteiger partial charge in [-0.25, -0.2) is 9.37 Å². The molecule has 0 spiro atoms. The second-order valence-electron chi connectivity index (χ2n) is 5.00. The van der Waals surface area contributed by atoms with Crippen molar-refractivity contribution in [1.29, 1.82) is 0 Å². The van der Waals surface area contributed by atoms with Gasteiger partial charge in [0.1, 0.15) is 5.82 Å². The molecule has 0 saturated carbocycles. The highest BCUT2D eigenvalue weighted by atomic mass is 19.1. The first-order valence-electron chi connectivity index (χ1n) is 6.21. The van der Waals surface area contributed by atoms with E-state index in [1.54, 1.807) is 6.92 Å². The zero-order valence-corrected chi connectivity index (χ0v) is 11.3. The molecule has 0 radical (unpaired) electrons. The number of carboxylic acids is 1. The second kappa shape index (κ2) is 5.34. The van der Waals surface area contributed by atoms with Crippen molar-refractivity contribution in [1.82, 2.24) is 4.98 Å². The maximum Gasteiger partial charge on any atom is 0.308 e. The number of nitrogens with zero attached hydrogens (tertiary/aromatic N) is 1. The lowest BCUT2D eigenvalue weighted by Gasteiger charge is -2.41. The lowest BCUT2D eigenvalue weighted by Crippen LogP contribution is -2.56. The Labute approximate surface area is 115 Å². The maximum absolute atomic E-state index is 14.0. The van der Waals surface area contributed by atoms with E-state index in [0.717, 1.165) is 6.20 Å². The summed E-state index contributed by atoms with van der Waals surface area (Å²) in [6, 6.07) is 1.32. The first-order chi connectivity index (χ1) is 9.38. The van der Waals surface area contributed by atoms with Crippen molar-refractivity contribution < 1.29 is 23.8 Å². The number of rotatable bonds is 3. The monoisotopic (exact) mass is 284 g/mol. The van der Waals surface area contributed by atoms with Crippen LogP contribution < -0.4 is 10.5 Å². The molecule has 1 aliphatic heterocycles. The van der Waals surface area contributed by atoms with Crippen LogP contribution in [0.5, 0.6) is 5.88 Å². The van der Waals surface area contributed by atoms with Gasteiger partial charge in [0.25, 0.3) is 0 Å². The van der Waals surface area contributed by atoms with Crippen LogP contribution in [0.1, 0.15) is 18.9 Å². The lowest BCUT2D eigenvalue weighted by atomic mass is 9.75. The molecule has 1 saturated heterocycles. The molecular formula is C13H17FN2O4. The summed E-state index contributed by atoms with van der Waals surface area (Å²) >= 11 is 0. The molecule has 0 aliphatic carbocycles. The Morgan fingerprint density at radius 1 is 1.70 bits per heavy atom. The number of nitrogens with two attached hydrogens (primary N) is 1. The van der Waals surface area contributed by atoms with Crippen LogP contribution in [-0.2, 0) is 15.1 Å². The molecule has 7 heteroatoms. The van der Waals surface area contributed by atoms with Crippen LogP contribution in [0.3, 0.4) is 0 Å². The van der Waals surface area contributed by atoms with E-state index in [1.807, 2.05) is 0 Å². The van der Waals surface area contributed by atoms with Crippen LogP contribution in [-0.4, -0.2) is 35.9 Å². The molecular weight excluding hydrogens is 267 g/mol. The van der Waals surface area contributed by atoms with Crippen molar-refractivity contribution in [3.8, 4) is 5.88 Å². The van der Waals surface area contributed by atoms with Crippen molar-refractivity contribution in [2.75, 3.05) is 13.7 Å². The van der Waals surface area contributed by atoms with Gasteiger partial charge in [0.2, 0.25) is 5.88 Å². The summed E-state index contributed by atoms with van der Waals surface area (Å²) in [4.78, 5) is 15.2. The van der Waals surface area contributed by atoms with E-state index in [9.17, 15) is 14.3 Å². The van der Waals surface area contributed by atoms with Gasteiger partial charge in [0, 0.05) is 11.6 Å². The summed E-state index contributed by atoms with van der Waals surface area (Å²) in [5.41, 5.74) is 4.78. The number of aliphatic carboxylic acids is 1. The Morgan fingerprint density at radius 2 is 2.40 bits per heavy atom. The molecule has 0 unspecified atom stereocenters. The molecule has 0 bridgehead atoms. The maximum atomic E-state index is 14.0. The normalized spacial score (nSPS) is 30.0. The zero-order valence-electron chi connectivity index (χ0n) is 11.3. The largest absolute Gasteiger partial charge is 0.481 e. The number of hydrogen-bond donors (Lipinski definition) is 2. The predicted octanol–water partition coefficient (Wildman–Crippen LogP) is 0.893. The second-order valence-corrected chi connectivity index (χ2v) is 5.00. The number of ether oxygens (including phenoxy) is 2. The van der Waals surface area contributed by atoms with Crippen LogP contribution >= 0.6 is 0 Å². The van der Waals surface area contributed by atoms with E-state index < -0.39 is 23.2 Å². The molecule has 1 aromatic heterocycles. The van der Waals surface area contributed by atoms with Crippen LogP contribution in [0.15, 0.2) is 12.3 Å².